The highest BCUT2D eigenvalue weighted by Gasteiger charge is 2.31. The summed E-state index contributed by atoms with van der Waals surface area (Å²) in [4.78, 5) is 2.26. The Hall–Kier alpha value is -0.0800. The summed E-state index contributed by atoms with van der Waals surface area (Å²) in [6, 6.07) is 0. The van der Waals surface area contributed by atoms with Gasteiger partial charge in [0.1, 0.15) is 0 Å². The molecule has 1 fully saturated rings. The fourth-order valence-corrected chi connectivity index (χ4v) is 2.14. The van der Waals surface area contributed by atoms with Crippen LogP contribution in [-0.2, 0) is 0 Å². The topological polar surface area (TPSA) is 29.3 Å². The molecule has 1 saturated carbocycles. The van der Waals surface area contributed by atoms with Gasteiger partial charge in [0, 0.05) is 0 Å². The molecule has 12 heavy (non-hydrogen) atoms. The van der Waals surface area contributed by atoms with E-state index in [0.29, 0.717) is 5.41 Å². The Morgan fingerprint density at radius 2 is 1.83 bits per heavy atom. The number of nitrogens with zero attached hydrogens (tertiary/aromatic N) is 1. The van der Waals surface area contributed by atoms with Crippen LogP contribution >= 0.6 is 0 Å². The van der Waals surface area contributed by atoms with Crippen LogP contribution in [0.4, 0.5) is 0 Å². The van der Waals surface area contributed by atoms with Crippen molar-refractivity contribution in [2.24, 2.45) is 11.1 Å². The van der Waals surface area contributed by atoms with Crippen molar-refractivity contribution in [2.75, 3.05) is 27.2 Å². The fraction of sp³-hybridized carbons (Fsp3) is 1.00. The molecule has 0 radical (unpaired) electrons. The predicted molar refractivity (Wildman–Crippen MR) is 53.1 cm³/mol. The van der Waals surface area contributed by atoms with Crippen molar-refractivity contribution in [3.8, 4) is 0 Å². The fourth-order valence-electron chi connectivity index (χ4n) is 2.14. The Morgan fingerprint density at radius 1 is 1.25 bits per heavy atom. The van der Waals surface area contributed by atoms with Crippen LogP contribution in [0.1, 0.15) is 32.1 Å². The third-order valence-corrected chi connectivity index (χ3v) is 3.19. The van der Waals surface area contributed by atoms with Gasteiger partial charge in [0.05, 0.1) is 0 Å². The van der Waals surface area contributed by atoms with Crippen LogP contribution in [-0.4, -0.2) is 32.1 Å². The van der Waals surface area contributed by atoms with Crippen molar-refractivity contribution in [3.05, 3.63) is 0 Å². The number of hydrogen-bond donors (Lipinski definition) is 1. The minimum Gasteiger partial charge on any atom is -0.330 e. The van der Waals surface area contributed by atoms with E-state index in [1.54, 1.807) is 0 Å². The van der Waals surface area contributed by atoms with Gasteiger partial charge in [0.25, 0.3) is 0 Å². The van der Waals surface area contributed by atoms with Crippen LogP contribution in [0.5, 0.6) is 0 Å². The first kappa shape index (κ1) is 10.0. The van der Waals surface area contributed by atoms with E-state index in [0.717, 1.165) is 6.54 Å². The minimum atomic E-state index is 0.504. The molecule has 0 unspecified atom stereocenters. The molecule has 0 atom stereocenters. The van der Waals surface area contributed by atoms with Crippen LogP contribution in [0, 0.1) is 5.41 Å². The second kappa shape index (κ2) is 4.24. The molecule has 0 amide bonds. The lowest BCUT2D eigenvalue weighted by Gasteiger charge is -2.28. The molecule has 0 saturated heterocycles. The summed E-state index contributed by atoms with van der Waals surface area (Å²) < 4.78 is 0. The summed E-state index contributed by atoms with van der Waals surface area (Å²) in [5, 5.41) is 0. The van der Waals surface area contributed by atoms with E-state index < -0.39 is 0 Å². The summed E-state index contributed by atoms with van der Waals surface area (Å²) >= 11 is 0. The van der Waals surface area contributed by atoms with Crippen molar-refractivity contribution in [1.82, 2.24) is 4.90 Å². The highest BCUT2D eigenvalue weighted by Crippen LogP contribution is 2.39. The Morgan fingerprint density at radius 3 is 2.25 bits per heavy atom. The third kappa shape index (κ3) is 2.46. The van der Waals surface area contributed by atoms with Crippen LogP contribution in [0.25, 0.3) is 0 Å². The van der Waals surface area contributed by atoms with E-state index in [2.05, 4.69) is 19.0 Å². The van der Waals surface area contributed by atoms with Crippen LogP contribution in [0.15, 0.2) is 0 Å². The lowest BCUT2D eigenvalue weighted by molar-refractivity contribution is 0.240. The first-order chi connectivity index (χ1) is 5.68. The van der Waals surface area contributed by atoms with E-state index >= 15 is 0 Å². The third-order valence-electron chi connectivity index (χ3n) is 3.19. The Kier molecular flexibility index (Phi) is 3.53. The molecule has 0 aromatic heterocycles. The van der Waals surface area contributed by atoms with Gasteiger partial charge in [-0.25, -0.2) is 0 Å². The smallest absolute Gasteiger partial charge is 0.00191 e. The summed E-state index contributed by atoms with van der Waals surface area (Å²) in [6.45, 7) is 2.08. The van der Waals surface area contributed by atoms with Crippen molar-refractivity contribution >= 4 is 0 Å². The summed E-state index contributed by atoms with van der Waals surface area (Å²) in [7, 11) is 4.28. The zero-order chi connectivity index (χ0) is 9.03. The number of rotatable bonds is 4. The van der Waals surface area contributed by atoms with Crippen LogP contribution < -0.4 is 5.73 Å². The molecular weight excluding hydrogens is 148 g/mol. The maximum atomic E-state index is 5.84. The van der Waals surface area contributed by atoms with Gasteiger partial charge in [-0.1, -0.05) is 12.8 Å². The first-order valence-corrected chi connectivity index (χ1v) is 5.03. The van der Waals surface area contributed by atoms with Gasteiger partial charge in [-0.05, 0) is 51.9 Å². The maximum absolute atomic E-state index is 5.84. The van der Waals surface area contributed by atoms with E-state index in [-0.39, 0.29) is 0 Å². The quantitative estimate of drug-likeness (QED) is 0.692. The molecule has 0 spiro atoms. The van der Waals surface area contributed by atoms with Gasteiger partial charge < -0.3 is 10.6 Å². The first-order valence-electron chi connectivity index (χ1n) is 5.03. The molecule has 0 heterocycles. The van der Waals surface area contributed by atoms with Gasteiger partial charge >= 0.3 is 0 Å². The van der Waals surface area contributed by atoms with Gasteiger partial charge in [-0.3, -0.25) is 0 Å². The van der Waals surface area contributed by atoms with Crippen molar-refractivity contribution in [3.63, 3.8) is 0 Å². The van der Waals surface area contributed by atoms with E-state index in [1.807, 2.05) is 0 Å². The highest BCUT2D eigenvalue weighted by molar-refractivity contribution is 4.85. The lowest BCUT2D eigenvalue weighted by Crippen LogP contribution is -2.31. The summed E-state index contributed by atoms with van der Waals surface area (Å²) in [5.41, 5.74) is 6.34. The molecule has 2 heteroatoms. The molecule has 0 aromatic carbocycles. The largest absolute Gasteiger partial charge is 0.330 e. The molecule has 1 rings (SSSR count). The van der Waals surface area contributed by atoms with E-state index in [4.69, 9.17) is 5.73 Å². The molecule has 2 nitrogen and oxygen atoms in total. The zero-order valence-corrected chi connectivity index (χ0v) is 8.47. The monoisotopic (exact) mass is 170 g/mol. The van der Waals surface area contributed by atoms with Crippen molar-refractivity contribution in [1.29, 1.82) is 0 Å². The molecule has 72 valence electrons. The maximum Gasteiger partial charge on any atom is -0.00191 e. The normalized spacial score (nSPS) is 22.0. The lowest BCUT2D eigenvalue weighted by atomic mass is 9.83. The van der Waals surface area contributed by atoms with E-state index in [9.17, 15) is 0 Å². The highest BCUT2D eigenvalue weighted by atomic mass is 15.0. The second-order valence-electron chi connectivity index (χ2n) is 4.46. The molecule has 1 aliphatic rings. The SMILES string of the molecule is CN(C)CCC1(CN)CCCC1. The van der Waals surface area contributed by atoms with Crippen molar-refractivity contribution in [2.45, 2.75) is 32.1 Å². The second-order valence-corrected chi connectivity index (χ2v) is 4.46. The molecule has 1 aliphatic carbocycles. The molecular formula is C10H22N2. The van der Waals surface area contributed by atoms with Crippen molar-refractivity contribution < 1.29 is 0 Å². The molecule has 2 N–H and O–H groups in total. The Labute approximate surface area is 76.1 Å². The van der Waals surface area contributed by atoms with E-state index in [1.165, 1.54) is 38.6 Å². The number of hydrogen-bond acceptors (Lipinski definition) is 2. The minimum absolute atomic E-state index is 0.504. The van der Waals surface area contributed by atoms with Crippen LogP contribution in [0.2, 0.25) is 0 Å². The summed E-state index contributed by atoms with van der Waals surface area (Å²) in [6.07, 6.45) is 6.79. The number of nitrogens with two attached hydrogens (primary N) is 1. The van der Waals surface area contributed by atoms with Gasteiger partial charge in [0.2, 0.25) is 0 Å². The van der Waals surface area contributed by atoms with Gasteiger partial charge in [0.15, 0.2) is 0 Å². The Bertz CT molecular complexity index is 126. The molecule has 0 aromatic rings. The molecule has 0 aliphatic heterocycles. The summed E-state index contributed by atoms with van der Waals surface area (Å²) in [5.74, 6) is 0. The van der Waals surface area contributed by atoms with Gasteiger partial charge in [-0.15, -0.1) is 0 Å². The van der Waals surface area contributed by atoms with Crippen LogP contribution in [0.3, 0.4) is 0 Å². The van der Waals surface area contributed by atoms with Gasteiger partial charge in [-0.2, -0.15) is 0 Å². The average molecular weight is 170 g/mol. The zero-order valence-electron chi connectivity index (χ0n) is 8.47. The standard InChI is InChI=1S/C10H22N2/c1-12(2)8-7-10(9-11)5-3-4-6-10/h3-9,11H2,1-2H3. The Balaban J connectivity index is 2.34. The predicted octanol–water partition coefficient (Wildman–Crippen LogP) is 1.46. The average Bonchev–Trinajstić information content (AvgIpc) is 2.50. The molecule has 0 bridgehead atoms.